The van der Waals surface area contributed by atoms with Crippen LogP contribution in [0.15, 0.2) is 41.5 Å². The summed E-state index contributed by atoms with van der Waals surface area (Å²) in [5, 5.41) is 0. The van der Waals surface area contributed by atoms with Crippen LogP contribution in [0.3, 0.4) is 0 Å². The van der Waals surface area contributed by atoms with Gasteiger partial charge in [0, 0.05) is 11.9 Å². The van der Waals surface area contributed by atoms with Crippen molar-refractivity contribution in [3.63, 3.8) is 0 Å². The smallest absolute Gasteiger partial charge is 0.0478 e. The molecule has 1 heteroatoms. The number of aryl methyl sites for hydroxylation is 1. The van der Waals surface area contributed by atoms with Gasteiger partial charge in [0.15, 0.2) is 0 Å². The Kier molecular flexibility index (Phi) is 2.26. The van der Waals surface area contributed by atoms with Gasteiger partial charge < -0.3 is 0 Å². The third-order valence-electron chi connectivity index (χ3n) is 2.23. The third-order valence-corrected chi connectivity index (χ3v) is 2.23. The minimum Gasteiger partial charge on any atom is -0.261 e. The summed E-state index contributed by atoms with van der Waals surface area (Å²) in [6.07, 6.45) is 6.20. The van der Waals surface area contributed by atoms with Crippen molar-refractivity contribution in [2.45, 2.75) is 19.8 Å². The summed E-state index contributed by atoms with van der Waals surface area (Å²) in [7, 11) is 0. The second kappa shape index (κ2) is 3.56. The Bertz CT molecular complexity index is 361. The minimum atomic E-state index is 1.07. The van der Waals surface area contributed by atoms with Gasteiger partial charge in [-0.05, 0) is 25.3 Å². The molecule has 66 valence electrons. The first-order valence-corrected chi connectivity index (χ1v) is 4.65. The summed E-state index contributed by atoms with van der Waals surface area (Å²) < 4.78 is 0. The monoisotopic (exact) mass is 171 g/mol. The molecule has 1 aliphatic heterocycles. The molecule has 0 unspecified atom stereocenters. The fraction of sp³-hybridized carbons (Fsp3) is 0.250. The van der Waals surface area contributed by atoms with Gasteiger partial charge in [0.05, 0.1) is 0 Å². The van der Waals surface area contributed by atoms with Crippen molar-refractivity contribution < 1.29 is 0 Å². The van der Waals surface area contributed by atoms with Crippen molar-refractivity contribution in [3.05, 3.63) is 47.7 Å². The van der Waals surface area contributed by atoms with E-state index >= 15 is 0 Å². The van der Waals surface area contributed by atoms with Gasteiger partial charge in [-0.25, -0.2) is 0 Å². The van der Waals surface area contributed by atoms with E-state index in [2.05, 4.69) is 42.3 Å². The van der Waals surface area contributed by atoms with Gasteiger partial charge in [-0.15, -0.1) is 0 Å². The molecule has 0 saturated carbocycles. The predicted molar refractivity (Wildman–Crippen MR) is 56.1 cm³/mol. The van der Waals surface area contributed by atoms with Crippen LogP contribution in [0.2, 0.25) is 0 Å². The van der Waals surface area contributed by atoms with Gasteiger partial charge in [0.1, 0.15) is 0 Å². The minimum absolute atomic E-state index is 1.07. The van der Waals surface area contributed by atoms with E-state index < -0.39 is 0 Å². The van der Waals surface area contributed by atoms with Crippen LogP contribution < -0.4 is 0 Å². The summed E-state index contributed by atoms with van der Waals surface area (Å²) >= 11 is 0. The van der Waals surface area contributed by atoms with E-state index in [0.717, 1.165) is 12.8 Å². The molecule has 0 aliphatic carbocycles. The van der Waals surface area contributed by atoms with Gasteiger partial charge in [0.2, 0.25) is 0 Å². The SMILES string of the molecule is Cc1cccc(C2=NC=CCC2)c1. The molecular formula is C12H13N. The number of allylic oxidation sites excluding steroid dienone is 1. The average molecular weight is 171 g/mol. The van der Waals surface area contributed by atoms with Gasteiger partial charge in [-0.2, -0.15) is 0 Å². The summed E-state index contributed by atoms with van der Waals surface area (Å²) in [5.74, 6) is 0. The van der Waals surface area contributed by atoms with Crippen molar-refractivity contribution in [2.75, 3.05) is 0 Å². The summed E-state index contributed by atoms with van der Waals surface area (Å²) in [6.45, 7) is 2.11. The molecule has 2 rings (SSSR count). The van der Waals surface area contributed by atoms with Gasteiger partial charge in [-0.3, -0.25) is 4.99 Å². The topological polar surface area (TPSA) is 12.4 Å². The van der Waals surface area contributed by atoms with Crippen molar-refractivity contribution in [1.82, 2.24) is 0 Å². The first kappa shape index (κ1) is 8.24. The largest absolute Gasteiger partial charge is 0.261 e. The number of nitrogens with zero attached hydrogens (tertiary/aromatic N) is 1. The molecule has 0 atom stereocenters. The molecule has 1 aromatic carbocycles. The van der Waals surface area contributed by atoms with Gasteiger partial charge >= 0.3 is 0 Å². The zero-order valence-electron chi connectivity index (χ0n) is 7.83. The molecule has 1 heterocycles. The lowest BCUT2D eigenvalue weighted by Gasteiger charge is -2.07. The van der Waals surface area contributed by atoms with E-state index in [9.17, 15) is 0 Å². The fourth-order valence-electron chi connectivity index (χ4n) is 1.55. The maximum atomic E-state index is 4.38. The lowest BCUT2D eigenvalue weighted by molar-refractivity contribution is 1.06. The lowest BCUT2D eigenvalue weighted by atomic mass is 10.0. The van der Waals surface area contributed by atoms with Crippen LogP contribution in [-0.4, -0.2) is 5.71 Å². The maximum absolute atomic E-state index is 4.38. The molecular weight excluding hydrogens is 158 g/mol. The van der Waals surface area contributed by atoms with E-state index in [1.807, 2.05) is 6.20 Å². The van der Waals surface area contributed by atoms with Crippen LogP contribution in [0.25, 0.3) is 0 Å². The van der Waals surface area contributed by atoms with Crippen LogP contribution in [0.4, 0.5) is 0 Å². The third kappa shape index (κ3) is 1.86. The zero-order valence-corrected chi connectivity index (χ0v) is 7.83. The fourth-order valence-corrected chi connectivity index (χ4v) is 1.55. The highest BCUT2D eigenvalue weighted by molar-refractivity contribution is 6.01. The van der Waals surface area contributed by atoms with Crippen LogP contribution in [0, 0.1) is 6.92 Å². The highest BCUT2D eigenvalue weighted by Crippen LogP contribution is 2.12. The zero-order chi connectivity index (χ0) is 9.10. The Labute approximate surface area is 78.8 Å². The van der Waals surface area contributed by atoms with E-state index in [0.29, 0.717) is 0 Å². The summed E-state index contributed by atoms with van der Waals surface area (Å²) in [5.41, 5.74) is 3.78. The van der Waals surface area contributed by atoms with Crippen LogP contribution >= 0.6 is 0 Å². The molecule has 13 heavy (non-hydrogen) atoms. The summed E-state index contributed by atoms with van der Waals surface area (Å²) in [4.78, 5) is 4.38. The lowest BCUT2D eigenvalue weighted by Crippen LogP contribution is -2.02. The van der Waals surface area contributed by atoms with E-state index in [1.165, 1.54) is 16.8 Å². The highest BCUT2D eigenvalue weighted by Gasteiger charge is 2.04. The molecule has 0 saturated heterocycles. The Balaban J connectivity index is 2.34. The molecule has 0 radical (unpaired) electrons. The standard InChI is InChI=1S/C12H13N/c1-10-5-4-6-11(9-10)12-7-2-3-8-13-12/h3-6,8-9H,2,7H2,1H3. The Morgan fingerprint density at radius 1 is 1.31 bits per heavy atom. The number of hydrogen-bond acceptors (Lipinski definition) is 1. The molecule has 0 amide bonds. The molecule has 1 aromatic rings. The number of benzene rings is 1. The summed E-state index contributed by atoms with van der Waals surface area (Å²) in [6, 6.07) is 8.53. The molecule has 0 fully saturated rings. The Morgan fingerprint density at radius 2 is 2.23 bits per heavy atom. The maximum Gasteiger partial charge on any atom is 0.0478 e. The Hall–Kier alpha value is -1.37. The molecule has 0 N–H and O–H groups in total. The van der Waals surface area contributed by atoms with E-state index in [-0.39, 0.29) is 0 Å². The van der Waals surface area contributed by atoms with Crippen LogP contribution in [0.1, 0.15) is 24.0 Å². The van der Waals surface area contributed by atoms with E-state index in [4.69, 9.17) is 0 Å². The first-order chi connectivity index (χ1) is 6.36. The van der Waals surface area contributed by atoms with Crippen LogP contribution in [-0.2, 0) is 0 Å². The average Bonchev–Trinajstić information content (AvgIpc) is 2.19. The number of aliphatic imine (C=N–C) groups is 1. The van der Waals surface area contributed by atoms with Crippen molar-refractivity contribution in [2.24, 2.45) is 4.99 Å². The molecule has 1 nitrogen and oxygen atoms in total. The van der Waals surface area contributed by atoms with Crippen molar-refractivity contribution >= 4 is 5.71 Å². The first-order valence-electron chi connectivity index (χ1n) is 4.65. The van der Waals surface area contributed by atoms with Gasteiger partial charge in [0.25, 0.3) is 0 Å². The number of rotatable bonds is 1. The molecule has 0 bridgehead atoms. The normalized spacial score (nSPS) is 15.6. The second-order valence-electron chi connectivity index (χ2n) is 3.37. The molecule has 1 aliphatic rings. The molecule has 0 spiro atoms. The van der Waals surface area contributed by atoms with Crippen LogP contribution in [0.5, 0.6) is 0 Å². The molecule has 0 aromatic heterocycles. The van der Waals surface area contributed by atoms with E-state index in [1.54, 1.807) is 0 Å². The van der Waals surface area contributed by atoms with Crippen molar-refractivity contribution in [1.29, 1.82) is 0 Å². The number of hydrogen-bond donors (Lipinski definition) is 0. The van der Waals surface area contributed by atoms with Gasteiger partial charge in [-0.1, -0.05) is 35.9 Å². The second-order valence-corrected chi connectivity index (χ2v) is 3.37. The van der Waals surface area contributed by atoms with Crippen molar-refractivity contribution in [3.8, 4) is 0 Å². The quantitative estimate of drug-likeness (QED) is 0.615. The predicted octanol–water partition coefficient (Wildman–Crippen LogP) is 3.09. The highest BCUT2D eigenvalue weighted by atomic mass is 14.7. The Morgan fingerprint density at radius 3 is 2.92 bits per heavy atom.